The average molecular weight is 291 g/mol. The van der Waals surface area contributed by atoms with Crippen molar-refractivity contribution < 1.29 is 4.79 Å². The van der Waals surface area contributed by atoms with Crippen molar-refractivity contribution in [2.24, 2.45) is 11.8 Å². The summed E-state index contributed by atoms with van der Waals surface area (Å²) in [5.74, 6) is 1.44. The Bertz CT molecular complexity index is 420. The van der Waals surface area contributed by atoms with Gasteiger partial charge in [0.05, 0.1) is 5.25 Å². The summed E-state index contributed by atoms with van der Waals surface area (Å²) in [5.41, 5.74) is 1.16. The van der Waals surface area contributed by atoms with Crippen LogP contribution in [0.1, 0.15) is 38.2 Å². The van der Waals surface area contributed by atoms with E-state index in [9.17, 15) is 4.79 Å². The zero-order valence-electron chi connectivity index (χ0n) is 12.2. The predicted octanol–water partition coefficient (Wildman–Crippen LogP) is 3.47. The van der Waals surface area contributed by atoms with Gasteiger partial charge in [0.2, 0.25) is 5.91 Å². The zero-order valence-corrected chi connectivity index (χ0v) is 13.1. The van der Waals surface area contributed by atoms with Crippen molar-refractivity contribution in [1.82, 2.24) is 5.32 Å². The molecule has 3 unspecified atom stereocenters. The average Bonchev–Trinajstić information content (AvgIpc) is 2.47. The minimum absolute atomic E-state index is 0.0648. The second-order valence-electron chi connectivity index (χ2n) is 5.97. The first-order valence-electron chi connectivity index (χ1n) is 7.66. The van der Waals surface area contributed by atoms with Gasteiger partial charge in [0, 0.05) is 6.54 Å². The quantitative estimate of drug-likeness (QED) is 0.799. The predicted molar refractivity (Wildman–Crippen MR) is 87.1 cm³/mol. The summed E-state index contributed by atoms with van der Waals surface area (Å²) in [6.07, 6.45) is 5.89. The second kappa shape index (κ2) is 7.72. The van der Waals surface area contributed by atoms with Gasteiger partial charge in [-0.2, -0.15) is 12.6 Å². The number of nitrogens with one attached hydrogen (secondary N) is 1. The van der Waals surface area contributed by atoms with E-state index >= 15 is 0 Å². The van der Waals surface area contributed by atoms with Crippen LogP contribution in [0.5, 0.6) is 0 Å². The van der Waals surface area contributed by atoms with Crippen LogP contribution >= 0.6 is 12.6 Å². The Morgan fingerprint density at radius 3 is 2.70 bits per heavy atom. The summed E-state index contributed by atoms with van der Waals surface area (Å²) in [6.45, 7) is 3.12. The van der Waals surface area contributed by atoms with E-state index in [4.69, 9.17) is 0 Å². The Morgan fingerprint density at radius 1 is 1.30 bits per heavy atom. The molecule has 3 atom stereocenters. The molecule has 1 aromatic carbocycles. The van der Waals surface area contributed by atoms with Crippen LogP contribution in [-0.4, -0.2) is 17.7 Å². The normalized spacial score (nSPS) is 24.1. The molecule has 2 rings (SSSR count). The number of hydrogen-bond acceptors (Lipinski definition) is 2. The third-order valence-electron chi connectivity index (χ3n) is 4.40. The number of amides is 1. The molecular weight excluding hydrogens is 266 g/mol. The first-order chi connectivity index (χ1) is 9.66. The van der Waals surface area contributed by atoms with Gasteiger partial charge in [-0.1, -0.05) is 56.5 Å². The lowest BCUT2D eigenvalue weighted by Gasteiger charge is -2.29. The molecule has 0 spiro atoms. The van der Waals surface area contributed by atoms with Crippen LogP contribution in [0.2, 0.25) is 0 Å². The van der Waals surface area contributed by atoms with Gasteiger partial charge in [-0.05, 0) is 30.2 Å². The smallest absolute Gasteiger partial charge is 0.233 e. The maximum atomic E-state index is 12.1. The number of hydrogen-bond donors (Lipinski definition) is 2. The fourth-order valence-corrected chi connectivity index (χ4v) is 3.28. The molecule has 0 aromatic heterocycles. The van der Waals surface area contributed by atoms with Crippen molar-refractivity contribution in [3.63, 3.8) is 0 Å². The first kappa shape index (κ1) is 15.4. The van der Waals surface area contributed by atoms with E-state index in [1.807, 2.05) is 30.3 Å². The van der Waals surface area contributed by atoms with Gasteiger partial charge in [0.1, 0.15) is 0 Å². The molecule has 1 fully saturated rings. The monoisotopic (exact) mass is 291 g/mol. The minimum atomic E-state index is -0.253. The van der Waals surface area contributed by atoms with E-state index < -0.39 is 0 Å². The largest absolute Gasteiger partial charge is 0.355 e. The molecular formula is C17H25NOS. The van der Waals surface area contributed by atoms with Gasteiger partial charge in [0.15, 0.2) is 0 Å². The second-order valence-corrected chi connectivity index (χ2v) is 6.60. The van der Waals surface area contributed by atoms with E-state index in [1.54, 1.807) is 0 Å². The topological polar surface area (TPSA) is 29.1 Å². The van der Waals surface area contributed by atoms with Crippen LogP contribution in [0.15, 0.2) is 30.3 Å². The summed E-state index contributed by atoms with van der Waals surface area (Å²) < 4.78 is 0. The summed E-state index contributed by atoms with van der Waals surface area (Å²) in [7, 11) is 0. The molecule has 1 aliphatic carbocycles. The molecule has 2 nitrogen and oxygen atoms in total. The number of carbonyl (C=O) groups is 1. The van der Waals surface area contributed by atoms with Crippen LogP contribution in [0.4, 0.5) is 0 Å². The van der Waals surface area contributed by atoms with Crippen LogP contribution in [0.25, 0.3) is 0 Å². The molecule has 1 aromatic rings. The van der Waals surface area contributed by atoms with Gasteiger partial charge in [0.25, 0.3) is 0 Å². The molecule has 0 aliphatic heterocycles. The molecule has 1 amide bonds. The van der Waals surface area contributed by atoms with Crippen LogP contribution < -0.4 is 5.32 Å². The highest BCUT2D eigenvalue weighted by Gasteiger charge is 2.22. The van der Waals surface area contributed by atoms with Crippen molar-refractivity contribution in [3.8, 4) is 0 Å². The summed E-state index contributed by atoms with van der Waals surface area (Å²) >= 11 is 4.44. The van der Waals surface area contributed by atoms with Crippen LogP contribution in [0.3, 0.4) is 0 Å². The van der Waals surface area contributed by atoms with Crippen LogP contribution in [-0.2, 0) is 11.2 Å². The zero-order chi connectivity index (χ0) is 14.4. The highest BCUT2D eigenvalue weighted by Crippen LogP contribution is 2.28. The Kier molecular flexibility index (Phi) is 5.96. The molecule has 0 saturated heterocycles. The Morgan fingerprint density at radius 2 is 2.00 bits per heavy atom. The van der Waals surface area contributed by atoms with Gasteiger partial charge in [-0.3, -0.25) is 4.79 Å². The van der Waals surface area contributed by atoms with E-state index in [0.29, 0.717) is 12.3 Å². The maximum absolute atomic E-state index is 12.1. The molecule has 0 bridgehead atoms. The lowest BCUT2D eigenvalue weighted by Crippen LogP contribution is -2.38. The van der Waals surface area contributed by atoms with Crippen LogP contribution in [0, 0.1) is 11.8 Å². The third kappa shape index (κ3) is 4.55. The summed E-state index contributed by atoms with van der Waals surface area (Å²) in [4.78, 5) is 12.1. The van der Waals surface area contributed by atoms with Crippen molar-refractivity contribution in [3.05, 3.63) is 35.9 Å². The Labute approximate surface area is 127 Å². The molecule has 1 saturated carbocycles. The fourth-order valence-electron chi connectivity index (χ4n) is 2.98. The molecule has 110 valence electrons. The maximum Gasteiger partial charge on any atom is 0.233 e. The first-order valence-corrected chi connectivity index (χ1v) is 8.18. The van der Waals surface area contributed by atoms with Gasteiger partial charge >= 0.3 is 0 Å². The summed E-state index contributed by atoms with van der Waals surface area (Å²) in [5, 5.41) is 2.83. The molecule has 0 heterocycles. The van der Waals surface area contributed by atoms with E-state index in [2.05, 4.69) is 24.9 Å². The molecule has 1 N–H and O–H groups in total. The Balaban J connectivity index is 1.76. The van der Waals surface area contributed by atoms with Crippen molar-refractivity contribution in [2.45, 2.75) is 44.3 Å². The highest BCUT2D eigenvalue weighted by atomic mass is 32.1. The lowest BCUT2D eigenvalue weighted by molar-refractivity contribution is -0.120. The molecule has 3 heteroatoms. The van der Waals surface area contributed by atoms with Gasteiger partial charge < -0.3 is 5.32 Å². The third-order valence-corrected chi connectivity index (χ3v) is 4.82. The standard InChI is InChI=1S/C17H25NOS/c1-13-7-5-6-10-15(13)12-18-17(19)16(20)11-14-8-3-2-4-9-14/h2-4,8-9,13,15-16,20H,5-7,10-12H2,1H3,(H,18,19). The number of thiol groups is 1. The number of rotatable bonds is 5. The summed E-state index contributed by atoms with van der Waals surface area (Å²) in [6, 6.07) is 10.1. The van der Waals surface area contributed by atoms with Crippen molar-refractivity contribution >= 4 is 18.5 Å². The SMILES string of the molecule is CC1CCCCC1CNC(=O)C(S)Cc1ccccc1. The molecule has 0 radical (unpaired) electrons. The highest BCUT2D eigenvalue weighted by molar-refractivity contribution is 7.81. The molecule has 1 aliphatic rings. The number of benzene rings is 1. The van der Waals surface area contributed by atoms with E-state index in [0.717, 1.165) is 18.0 Å². The molecule has 20 heavy (non-hydrogen) atoms. The van der Waals surface area contributed by atoms with Crippen molar-refractivity contribution in [1.29, 1.82) is 0 Å². The minimum Gasteiger partial charge on any atom is -0.355 e. The van der Waals surface area contributed by atoms with E-state index in [-0.39, 0.29) is 11.2 Å². The lowest BCUT2D eigenvalue weighted by atomic mass is 9.80. The van der Waals surface area contributed by atoms with E-state index in [1.165, 1.54) is 25.7 Å². The van der Waals surface area contributed by atoms with Crippen molar-refractivity contribution in [2.75, 3.05) is 6.54 Å². The Hall–Kier alpha value is -0.960. The van der Waals surface area contributed by atoms with Gasteiger partial charge in [-0.15, -0.1) is 0 Å². The van der Waals surface area contributed by atoms with Gasteiger partial charge in [-0.25, -0.2) is 0 Å². The number of carbonyl (C=O) groups excluding carboxylic acids is 1. The fraction of sp³-hybridized carbons (Fsp3) is 0.588.